The van der Waals surface area contributed by atoms with Crippen molar-refractivity contribution in [1.29, 1.82) is 0 Å². The van der Waals surface area contributed by atoms with Gasteiger partial charge in [0.1, 0.15) is 23.7 Å². The third kappa shape index (κ3) is 7.65. The minimum atomic E-state index is -0.180. The summed E-state index contributed by atoms with van der Waals surface area (Å²) >= 11 is 0. The van der Waals surface area contributed by atoms with E-state index in [1.807, 2.05) is 0 Å². The van der Waals surface area contributed by atoms with Crippen LogP contribution in [0.15, 0.2) is 24.3 Å². The smallest absolute Gasteiger partial charge is 0.142 e. The third-order valence-corrected chi connectivity index (χ3v) is 7.09. The monoisotopic (exact) mass is 526 g/mol. The molecule has 2 saturated heterocycles. The van der Waals surface area contributed by atoms with Crippen LogP contribution >= 0.6 is 0 Å². The van der Waals surface area contributed by atoms with Crippen LogP contribution in [0.3, 0.4) is 0 Å². The van der Waals surface area contributed by atoms with Gasteiger partial charge in [-0.2, -0.15) is 0 Å². The van der Waals surface area contributed by atoms with Crippen LogP contribution in [-0.4, -0.2) is 86.1 Å². The fourth-order valence-electron chi connectivity index (χ4n) is 5.07. The van der Waals surface area contributed by atoms with E-state index in [4.69, 9.17) is 28.9 Å². The highest BCUT2D eigenvalue weighted by Gasteiger charge is 2.28. The van der Waals surface area contributed by atoms with Gasteiger partial charge in [0.2, 0.25) is 0 Å². The topological polar surface area (TPSA) is 69.2 Å². The molecule has 2 atom stereocenters. The van der Waals surface area contributed by atoms with Gasteiger partial charge in [-0.1, -0.05) is 27.7 Å². The van der Waals surface area contributed by atoms with Gasteiger partial charge in [-0.05, 0) is 51.3 Å². The van der Waals surface area contributed by atoms with Gasteiger partial charge in [0.15, 0.2) is 0 Å². The van der Waals surface area contributed by atoms with Gasteiger partial charge in [0.25, 0.3) is 0 Å². The van der Waals surface area contributed by atoms with E-state index in [1.54, 1.807) is 0 Å². The normalized spacial score (nSPS) is 20.2. The Morgan fingerprint density at radius 2 is 1.45 bits per heavy atom. The Labute approximate surface area is 228 Å². The van der Waals surface area contributed by atoms with E-state index in [0.717, 1.165) is 73.4 Å². The number of hydrogen-bond acceptors (Lipinski definition) is 8. The standard InChI is InChI=1S/C30H46N4O4/c1-21(2)24-8-9-27(37-22-12-14-35-18-22)26(31-24)17-34(7)20-30(3,4)29-11-10-28(25(32-29)16-33(5)6)38-23-13-15-36-19-23/h8-11,21-23H,12-20H2,1-7H3/t22-,23+/m1/s1. The quantitative estimate of drug-likeness (QED) is 0.403. The van der Waals surface area contributed by atoms with Crippen molar-refractivity contribution in [2.45, 2.75) is 77.2 Å². The van der Waals surface area contributed by atoms with Crippen LogP contribution in [0.2, 0.25) is 0 Å². The molecule has 0 radical (unpaired) electrons. The second-order valence-corrected chi connectivity index (χ2v) is 12.0. The molecule has 38 heavy (non-hydrogen) atoms. The van der Waals surface area contributed by atoms with Crippen LogP contribution in [0.4, 0.5) is 0 Å². The number of nitrogens with zero attached hydrogens (tertiary/aromatic N) is 4. The number of likely N-dealkylation sites (N-methyl/N-ethyl adjacent to an activating group) is 1. The number of hydrogen-bond donors (Lipinski definition) is 0. The Morgan fingerprint density at radius 3 is 1.97 bits per heavy atom. The third-order valence-electron chi connectivity index (χ3n) is 7.09. The van der Waals surface area contributed by atoms with Crippen LogP contribution < -0.4 is 9.47 Å². The lowest BCUT2D eigenvalue weighted by Crippen LogP contribution is -2.35. The highest BCUT2D eigenvalue weighted by molar-refractivity contribution is 5.33. The molecular formula is C30H46N4O4. The molecule has 210 valence electrons. The van der Waals surface area contributed by atoms with Gasteiger partial charge in [-0.25, -0.2) is 0 Å². The van der Waals surface area contributed by atoms with Crippen molar-refractivity contribution in [3.63, 3.8) is 0 Å². The first kappa shape index (κ1) is 28.7. The van der Waals surface area contributed by atoms with Gasteiger partial charge < -0.3 is 23.8 Å². The van der Waals surface area contributed by atoms with E-state index in [2.05, 4.69) is 82.9 Å². The summed E-state index contributed by atoms with van der Waals surface area (Å²) in [7, 11) is 6.27. The summed E-state index contributed by atoms with van der Waals surface area (Å²) in [6.45, 7) is 13.9. The highest BCUT2D eigenvalue weighted by Crippen LogP contribution is 2.30. The van der Waals surface area contributed by atoms with Crippen LogP contribution in [0, 0.1) is 0 Å². The zero-order chi connectivity index (χ0) is 27.3. The second-order valence-electron chi connectivity index (χ2n) is 12.0. The summed E-state index contributed by atoms with van der Waals surface area (Å²) in [6.07, 6.45) is 2.04. The Morgan fingerprint density at radius 1 is 0.868 bits per heavy atom. The van der Waals surface area contributed by atoms with Crippen molar-refractivity contribution in [3.05, 3.63) is 47.0 Å². The maximum absolute atomic E-state index is 6.32. The van der Waals surface area contributed by atoms with Crippen LogP contribution in [0.25, 0.3) is 0 Å². The van der Waals surface area contributed by atoms with E-state index in [0.29, 0.717) is 25.7 Å². The minimum absolute atomic E-state index is 0.0954. The maximum atomic E-state index is 6.32. The molecule has 0 bridgehead atoms. The van der Waals surface area contributed by atoms with Crippen molar-refractivity contribution < 1.29 is 18.9 Å². The maximum Gasteiger partial charge on any atom is 0.142 e. The van der Waals surface area contributed by atoms with E-state index in [9.17, 15) is 0 Å². The van der Waals surface area contributed by atoms with E-state index < -0.39 is 0 Å². The molecule has 2 aliphatic rings. The van der Waals surface area contributed by atoms with E-state index in [1.165, 1.54) is 0 Å². The van der Waals surface area contributed by atoms with Crippen molar-refractivity contribution in [1.82, 2.24) is 19.8 Å². The molecular weight excluding hydrogens is 480 g/mol. The fraction of sp³-hybridized carbons (Fsp3) is 0.667. The number of aromatic nitrogens is 2. The molecule has 8 heteroatoms. The molecule has 0 spiro atoms. The van der Waals surface area contributed by atoms with Gasteiger partial charge in [0, 0.05) is 49.3 Å². The van der Waals surface area contributed by atoms with Crippen molar-refractivity contribution in [2.24, 2.45) is 0 Å². The molecule has 2 aromatic rings. The summed E-state index contributed by atoms with van der Waals surface area (Å²) in [5, 5.41) is 0. The predicted octanol–water partition coefficient (Wildman–Crippen LogP) is 4.41. The van der Waals surface area contributed by atoms with Gasteiger partial charge in [0.05, 0.1) is 37.8 Å². The molecule has 4 heterocycles. The number of pyridine rings is 2. The highest BCUT2D eigenvalue weighted by atomic mass is 16.6. The Kier molecular flexibility index (Phi) is 9.63. The first-order valence-corrected chi connectivity index (χ1v) is 13.9. The zero-order valence-electron chi connectivity index (χ0n) is 24.3. The van der Waals surface area contributed by atoms with Gasteiger partial charge >= 0.3 is 0 Å². The molecule has 0 aliphatic carbocycles. The lowest BCUT2D eigenvalue weighted by molar-refractivity contribution is 0.138. The molecule has 8 nitrogen and oxygen atoms in total. The molecule has 0 unspecified atom stereocenters. The van der Waals surface area contributed by atoms with Crippen molar-refractivity contribution >= 4 is 0 Å². The van der Waals surface area contributed by atoms with Crippen LogP contribution in [0.1, 0.15) is 69.2 Å². The Balaban J connectivity index is 1.50. The lowest BCUT2D eigenvalue weighted by atomic mass is 9.87. The molecule has 2 fully saturated rings. The number of ether oxygens (including phenoxy) is 4. The van der Waals surface area contributed by atoms with E-state index >= 15 is 0 Å². The fourth-order valence-corrected chi connectivity index (χ4v) is 5.07. The molecule has 2 aromatic heterocycles. The first-order chi connectivity index (χ1) is 18.1. The second kappa shape index (κ2) is 12.7. The molecule has 0 amide bonds. The average molecular weight is 527 g/mol. The molecule has 2 aliphatic heterocycles. The van der Waals surface area contributed by atoms with Crippen molar-refractivity contribution in [2.75, 3.05) is 54.1 Å². The Bertz CT molecular complexity index is 1050. The Hall–Kier alpha value is -2.26. The van der Waals surface area contributed by atoms with Crippen molar-refractivity contribution in [3.8, 4) is 11.5 Å². The summed E-state index contributed by atoms with van der Waals surface area (Å²) < 4.78 is 23.6. The molecule has 0 N–H and O–H groups in total. The number of rotatable bonds is 12. The molecule has 4 rings (SSSR count). The molecule has 0 aromatic carbocycles. The van der Waals surface area contributed by atoms with Gasteiger partial charge in [-0.15, -0.1) is 0 Å². The summed E-state index contributed by atoms with van der Waals surface area (Å²) in [5.74, 6) is 2.07. The lowest BCUT2D eigenvalue weighted by Gasteiger charge is -2.31. The SMILES string of the molecule is CC(C)c1ccc(O[C@@H]2CCOC2)c(CN(C)CC(C)(C)c2ccc(O[C@H]3CCOC3)c(CN(C)C)n2)n1. The first-order valence-electron chi connectivity index (χ1n) is 13.9. The average Bonchev–Trinajstić information content (AvgIpc) is 3.55. The molecule has 0 saturated carbocycles. The van der Waals surface area contributed by atoms with Crippen LogP contribution in [-0.2, 0) is 28.0 Å². The van der Waals surface area contributed by atoms with Gasteiger partial charge in [-0.3, -0.25) is 14.9 Å². The minimum Gasteiger partial charge on any atom is -0.486 e. The largest absolute Gasteiger partial charge is 0.486 e. The van der Waals surface area contributed by atoms with Crippen LogP contribution in [0.5, 0.6) is 11.5 Å². The van der Waals surface area contributed by atoms with E-state index in [-0.39, 0.29) is 17.6 Å². The predicted molar refractivity (Wildman–Crippen MR) is 149 cm³/mol. The summed E-state index contributed by atoms with van der Waals surface area (Å²) in [6, 6.07) is 8.37. The summed E-state index contributed by atoms with van der Waals surface area (Å²) in [5.41, 5.74) is 3.91. The zero-order valence-corrected chi connectivity index (χ0v) is 24.3. The summed E-state index contributed by atoms with van der Waals surface area (Å²) in [4.78, 5) is 14.6.